The Morgan fingerprint density at radius 1 is 1.38 bits per heavy atom. The Morgan fingerprint density at radius 2 is 2.23 bits per heavy atom. The Labute approximate surface area is 77.4 Å². The molecule has 2 aromatic rings. The van der Waals surface area contributed by atoms with E-state index in [9.17, 15) is 0 Å². The van der Waals surface area contributed by atoms with Gasteiger partial charge in [0.1, 0.15) is 0 Å². The smallest absolute Gasteiger partial charge is 0.162 e. The fraction of sp³-hybridized carbons (Fsp3) is 0.400. The van der Waals surface area contributed by atoms with Gasteiger partial charge >= 0.3 is 0 Å². The van der Waals surface area contributed by atoms with Crippen molar-refractivity contribution in [3.8, 4) is 0 Å². The van der Waals surface area contributed by atoms with Crippen molar-refractivity contribution >= 4 is 11.0 Å². The van der Waals surface area contributed by atoms with Crippen molar-refractivity contribution in [2.24, 2.45) is 7.05 Å². The summed E-state index contributed by atoms with van der Waals surface area (Å²) in [6.07, 6.45) is 4.14. The number of rotatable bonds is 2. The first kappa shape index (κ1) is 8.23. The monoisotopic (exact) mass is 175 g/mol. The average Bonchev–Trinajstić information content (AvgIpc) is 2.48. The molecule has 0 N–H and O–H groups in total. The van der Waals surface area contributed by atoms with Crippen LogP contribution in [0.2, 0.25) is 0 Å². The topological polar surface area (TPSA) is 30.7 Å². The summed E-state index contributed by atoms with van der Waals surface area (Å²) in [7, 11) is 1.98. The predicted molar refractivity (Wildman–Crippen MR) is 52.5 cm³/mol. The highest BCUT2D eigenvalue weighted by molar-refractivity contribution is 5.75. The van der Waals surface area contributed by atoms with Gasteiger partial charge in [0.25, 0.3) is 0 Å². The average molecular weight is 175 g/mol. The first-order valence-electron chi connectivity index (χ1n) is 4.59. The minimum atomic E-state index is 0.958. The normalized spacial score (nSPS) is 10.9. The van der Waals surface area contributed by atoms with Crippen LogP contribution in [0.4, 0.5) is 0 Å². The van der Waals surface area contributed by atoms with Gasteiger partial charge < -0.3 is 4.57 Å². The molecule has 0 spiro atoms. The van der Waals surface area contributed by atoms with Crippen molar-refractivity contribution in [2.45, 2.75) is 19.8 Å². The maximum absolute atomic E-state index is 4.17. The van der Waals surface area contributed by atoms with E-state index in [1.54, 1.807) is 0 Å². The molecule has 2 heterocycles. The molecule has 2 rings (SSSR count). The Morgan fingerprint density at radius 3 is 3.00 bits per heavy atom. The Kier molecular flexibility index (Phi) is 2.00. The highest BCUT2D eigenvalue weighted by Crippen LogP contribution is 2.12. The van der Waals surface area contributed by atoms with Gasteiger partial charge in [0.15, 0.2) is 5.65 Å². The van der Waals surface area contributed by atoms with Crippen LogP contribution in [0.15, 0.2) is 18.3 Å². The van der Waals surface area contributed by atoms with Crippen LogP contribution in [0.1, 0.15) is 19.0 Å². The third kappa shape index (κ3) is 1.41. The summed E-state index contributed by atoms with van der Waals surface area (Å²) in [6.45, 7) is 2.15. The van der Waals surface area contributed by atoms with Crippen LogP contribution in [0.25, 0.3) is 11.0 Å². The lowest BCUT2D eigenvalue weighted by molar-refractivity contribution is 0.835. The zero-order chi connectivity index (χ0) is 9.26. The van der Waals surface area contributed by atoms with Crippen LogP contribution in [-0.2, 0) is 13.5 Å². The van der Waals surface area contributed by atoms with Gasteiger partial charge in [0, 0.05) is 18.6 Å². The molecule has 0 fully saturated rings. The summed E-state index contributed by atoms with van der Waals surface area (Å²) in [4.78, 5) is 0. The highest BCUT2D eigenvalue weighted by atomic mass is 15.2. The van der Waals surface area contributed by atoms with E-state index < -0.39 is 0 Å². The molecule has 3 nitrogen and oxygen atoms in total. The molecule has 0 atom stereocenters. The number of nitrogens with zero attached hydrogens (tertiary/aromatic N) is 3. The fourth-order valence-electron chi connectivity index (χ4n) is 1.48. The second-order valence-corrected chi connectivity index (χ2v) is 3.29. The quantitative estimate of drug-likeness (QED) is 0.698. The lowest BCUT2D eigenvalue weighted by atomic mass is 10.2. The van der Waals surface area contributed by atoms with Gasteiger partial charge in [-0.3, -0.25) is 0 Å². The van der Waals surface area contributed by atoms with Crippen molar-refractivity contribution in [1.29, 1.82) is 0 Å². The maximum atomic E-state index is 4.17. The molecule has 0 aliphatic carbocycles. The Bertz CT molecular complexity index is 417. The van der Waals surface area contributed by atoms with Crippen LogP contribution < -0.4 is 0 Å². The minimum Gasteiger partial charge on any atom is -0.334 e. The number of fused-ring (bicyclic) bond motifs is 1. The summed E-state index contributed by atoms with van der Waals surface area (Å²) < 4.78 is 1.98. The molecule has 0 bridgehead atoms. The number of aryl methyl sites for hydroxylation is 2. The number of hydrogen-bond donors (Lipinski definition) is 0. The van der Waals surface area contributed by atoms with E-state index in [0.717, 1.165) is 24.2 Å². The molecule has 0 saturated heterocycles. The number of aromatic nitrogens is 3. The molecule has 0 aliphatic heterocycles. The summed E-state index contributed by atoms with van der Waals surface area (Å²) in [5, 5.41) is 9.51. The molecule has 0 aliphatic rings. The predicted octanol–water partition coefficient (Wildman–Crippen LogP) is 1.92. The van der Waals surface area contributed by atoms with Crippen LogP contribution in [0, 0.1) is 0 Å². The van der Waals surface area contributed by atoms with Gasteiger partial charge in [-0.1, -0.05) is 13.3 Å². The largest absolute Gasteiger partial charge is 0.334 e. The van der Waals surface area contributed by atoms with Crippen molar-refractivity contribution < 1.29 is 0 Å². The second-order valence-electron chi connectivity index (χ2n) is 3.29. The maximum Gasteiger partial charge on any atom is 0.162 e. The summed E-state index contributed by atoms with van der Waals surface area (Å²) >= 11 is 0. The third-order valence-electron chi connectivity index (χ3n) is 2.17. The molecule has 0 radical (unpaired) electrons. The van der Waals surface area contributed by atoms with Crippen LogP contribution in [-0.4, -0.2) is 14.8 Å². The van der Waals surface area contributed by atoms with E-state index in [0.29, 0.717) is 0 Å². The molecular weight excluding hydrogens is 162 g/mol. The first-order valence-corrected chi connectivity index (χ1v) is 4.59. The summed E-state index contributed by atoms with van der Waals surface area (Å²) in [5.41, 5.74) is 2.04. The van der Waals surface area contributed by atoms with Crippen LogP contribution in [0.3, 0.4) is 0 Å². The van der Waals surface area contributed by atoms with Gasteiger partial charge in [0.2, 0.25) is 0 Å². The molecule has 3 heteroatoms. The van der Waals surface area contributed by atoms with Crippen molar-refractivity contribution in [3.63, 3.8) is 0 Å². The minimum absolute atomic E-state index is 0.958. The van der Waals surface area contributed by atoms with E-state index in [-0.39, 0.29) is 0 Å². The lowest BCUT2D eigenvalue weighted by Gasteiger charge is -1.97. The van der Waals surface area contributed by atoms with E-state index in [1.807, 2.05) is 17.8 Å². The van der Waals surface area contributed by atoms with Gasteiger partial charge in [-0.05, 0) is 18.6 Å². The zero-order valence-electron chi connectivity index (χ0n) is 7.99. The number of hydrogen-bond acceptors (Lipinski definition) is 2. The van der Waals surface area contributed by atoms with Crippen molar-refractivity contribution in [3.05, 3.63) is 24.0 Å². The lowest BCUT2D eigenvalue weighted by Crippen LogP contribution is -1.95. The molecule has 0 saturated carbocycles. The zero-order valence-corrected chi connectivity index (χ0v) is 7.99. The Balaban J connectivity index is 2.50. The standard InChI is InChI=1S/C10H13N3/c1-3-4-9-7-8-5-6-13(2)10(8)12-11-9/h5-7H,3-4H2,1-2H3. The van der Waals surface area contributed by atoms with Gasteiger partial charge in [-0.15, -0.1) is 5.10 Å². The first-order chi connectivity index (χ1) is 6.31. The molecule has 0 unspecified atom stereocenters. The van der Waals surface area contributed by atoms with E-state index in [4.69, 9.17) is 0 Å². The molecule has 0 amide bonds. The molecule has 68 valence electrons. The second kappa shape index (κ2) is 3.17. The summed E-state index contributed by atoms with van der Waals surface area (Å²) in [6, 6.07) is 4.19. The van der Waals surface area contributed by atoms with Gasteiger partial charge in [-0.2, -0.15) is 5.10 Å². The fourth-order valence-corrected chi connectivity index (χ4v) is 1.48. The highest BCUT2D eigenvalue weighted by Gasteiger charge is 2.01. The third-order valence-corrected chi connectivity index (χ3v) is 2.17. The van der Waals surface area contributed by atoms with Gasteiger partial charge in [-0.25, -0.2) is 0 Å². The molecule has 0 aromatic carbocycles. The molecule has 2 aromatic heterocycles. The van der Waals surface area contributed by atoms with Gasteiger partial charge in [0.05, 0.1) is 5.69 Å². The summed E-state index contributed by atoms with van der Waals surface area (Å²) in [5.74, 6) is 0. The van der Waals surface area contributed by atoms with Crippen molar-refractivity contribution in [1.82, 2.24) is 14.8 Å². The molecular formula is C10H13N3. The SMILES string of the molecule is CCCc1cc2ccn(C)c2nn1. The van der Waals surface area contributed by atoms with E-state index in [2.05, 4.69) is 29.3 Å². The van der Waals surface area contributed by atoms with Crippen molar-refractivity contribution in [2.75, 3.05) is 0 Å². The molecule has 13 heavy (non-hydrogen) atoms. The van der Waals surface area contributed by atoms with Crippen LogP contribution in [0.5, 0.6) is 0 Å². The van der Waals surface area contributed by atoms with E-state index >= 15 is 0 Å². The van der Waals surface area contributed by atoms with Crippen LogP contribution >= 0.6 is 0 Å². The Hall–Kier alpha value is -1.38. The van der Waals surface area contributed by atoms with E-state index in [1.165, 1.54) is 5.39 Å².